The fraction of sp³-hybridized carbons (Fsp3) is 0.417. The summed E-state index contributed by atoms with van der Waals surface area (Å²) in [6.45, 7) is 23.5. The van der Waals surface area contributed by atoms with Gasteiger partial charge in [-0.05, 0) is 94.5 Å². The topological polar surface area (TPSA) is 50.2 Å². The molecule has 0 aliphatic heterocycles. The molecule has 6 aromatic rings. The Balaban J connectivity index is 0.000000309. The molecule has 289 valence electrons. The number of benzene rings is 3. The zero-order valence-electron chi connectivity index (χ0n) is 34.1. The maximum atomic E-state index is 12.2. The van der Waals surface area contributed by atoms with Crippen LogP contribution in [0.2, 0.25) is 0 Å². The molecule has 6 heteroatoms. The second-order valence-corrected chi connectivity index (χ2v) is 18.4. The van der Waals surface area contributed by atoms with Crippen molar-refractivity contribution in [2.75, 3.05) is 0 Å². The Bertz CT molecular complexity index is 2240. The van der Waals surface area contributed by atoms with Crippen molar-refractivity contribution >= 4 is 59.5 Å². The van der Waals surface area contributed by atoms with Gasteiger partial charge in [-0.2, -0.15) is 0 Å². The Kier molecular flexibility index (Phi) is 14.3. The van der Waals surface area contributed by atoms with Crippen LogP contribution >= 0.6 is 22.7 Å². The molecule has 1 N–H and O–H groups in total. The number of rotatable bonds is 11. The molecule has 0 spiro atoms. The predicted octanol–water partition coefficient (Wildman–Crippen LogP) is 14.9. The van der Waals surface area contributed by atoms with Gasteiger partial charge in [0.15, 0.2) is 5.78 Å². The molecule has 0 atom stereocenters. The number of aromatic nitrogens is 1. The number of ketones is 1. The number of allylic oxidation sites excluding steroid dienone is 2. The number of fused-ring (bicyclic) bond motifs is 3. The van der Waals surface area contributed by atoms with Gasteiger partial charge in [0.05, 0.1) is 0 Å². The molecule has 0 fully saturated rings. The normalized spacial score (nSPS) is 12.6. The summed E-state index contributed by atoms with van der Waals surface area (Å²) in [6, 6.07) is 26.0. The van der Waals surface area contributed by atoms with Crippen LogP contribution in [0.4, 0.5) is 0 Å². The first kappa shape index (κ1) is 43.6. The van der Waals surface area contributed by atoms with Crippen LogP contribution in [0, 0.1) is 22.8 Å². The number of carbonyl (C=O) groups excluding carboxylic acids is 1. The van der Waals surface area contributed by atoms with E-state index in [9.17, 15) is 9.90 Å². The second-order valence-electron chi connectivity index (χ2n) is 16.6. The smallest absolute Gasteiger partial charge is 0.164 e. The zero-order valence-corrected chi connectivity index (χ0v) is 38.1. The maximum Gasteiger partial charge on any atom is 0.164 e. The van der Waals surface area contributed by atoms with Gasteiger partial charge in [0.2, 0.25) is 0 Å². The first-order valence-electron chi connectivity index (χ1n) is 19.4. The van der Waals surface area contributed by atoms with E-state index in [0.717, 1.165) is 53.6 Å². The van der Waals surface area contributed by atoms with Crippen molar-refractivity contribution in [1.29, 1.82) is 0 Å². The number of hydrogen-bond acceptors (Lipinski definition) is 5. The molecule has 0 amide bonds. The van der Waals surface area contributed by atoms with E-state index in [1.165, 1.54) is 49.2 Å². The van der Waals surface area contributed by atoms with Gasteiger partial charge < -0.3 is 5.11 Å². The van der Waals surface area contributed by atoms with Gasteiger partial charge in [0, 0.05) is 52.8 Å². The van der Waals surface area contributed by atoms with Gasteiger partial charge in [0.25, 0.3) is 0 Å². The Morgan fingerprint density at radius 3 is 2.13 bits per heavy atom. The van der Waals surface area contributed by atoms with Crippen LogP contribution in [0.25, 0.3) is 53.5 Å². The molecule has 0 aliphatic rings. The quantitative estimate of drug-likeness (QED) is 0.0800. The summed E-state index contributed by atoms with van der Waals surface area (Å²) >= 11 is 3.57. The fourth-order valence-corrected chi connectivity index (χ4v) is 8.59. The minimum atomic E-state index is -0.337. The van der Waals surface area contributed by atoms with E-state index < -0.39 is 0 Å². The summed E-state index contributed by atoms with van der Waals surface area (Å²) in [5.74, 6) is 0.928. The van der Waals surface area contributed by atoms with Gasteiger partial charge in [-0.1, -0.05) is 117 Å². The van der Waals surface area contributed by atoms with Crippen LogP contribution in [-0.2, 0) is 36.7 Å². The first-order chi connectivity index (χ1) is 25.1. The zero-order chi connectivity index (χ0) is 38.7. The average molecular weight is 937 g/mol. The Morgan fingerprint density at radius 1 is 0.833 bits per heavy atom. The largest absolute Gasteiger partial charge is 0.512 e. The van der Waals surface area contributed by atoms with E-state index in [0.29, 0.717) is 5.92 Å². The fourth-order valence-electron chi connectivity index (χ4n) is 6.85. The Morgan fingerprint density at radius 2 is 1.50 bits per heavy atom. The number of aliphatic hydroxyl groups is 1. The summed E-state index contributed by atoms with van der Waals surface area (Å²) < 4.78 is 1.36. The molecule has 0 bridgehead atoms. The number of pyridine rings is 1. The molecule has 1 radical (unpaired) electrons. The van der Waals surface area contributed by atoms with Crippen molar-refractivity contribution in [2.24, 2.45) is 16.7 Å². The summed E-state index contributed by atoms with van der Waals surface area (Å²) in [7, 11) is 0. The van der Waals surface area contributed by atoms with Crippen molar-refractivity contribution < 1.29 is 30.0 Å². The molecule has 0 saturated heterocycles. The van der Waals surface area contributed by atoms with E-state index in [1.807, 2.05) is 52.9 Å². The van der Waals surface area contributed by atoms with Crippen molar-refractivity contribution in [3.8, 4) is 22.4 Å². The van der Waals surface area contributed by atoms with Crippen LogP contribution < -0.4 is 0 Å². The van der Waals surface area contributed by atoms with Gasteiger partial charge >= 0.3 is 0 Å². The van der Waals surface area contributed by atoms with E-state index in [1.54, 1.807) is 11.3 Å². The van der Waals surface area contributed by atoms with Gasteiger partial charge in [-0.3, -0.25) is 9.78 Å². The SMILES string of the molecule is CC(C)Cc1csc2ccc(-c3cc(-c4[c-]c5ccccc5c(C(C)(C)C)c4)nc4sccc34)cc12.CCC(C)(CC)C(=O)/C=C(\O)C(C)(CC)CC.[Ir]. The standard InChI is InChI=1S/C33H30NS2.C15H28O2.Ir/c1-20(2)14-24-19-36-31-11-10-22(16-28(24)31)27-18-30(34-32-26(27)12-13-35-32)23-15-21-8-6-7-9-25(21)29(17-23)33(3,4)5;1-7-14(5,8-2)12(16)11-13(17)15(6,9-3)10-4;/h6-13,16-20H,14H2,1-5H3;11,16H,7-10H2,1-6H3;/q-1;;/b;12-11-;. The molecular formula is C48H58IrNO2S2-. The molecule has 3 heterocycles. The van der Waals surface area contributed by atoms with Crippen LogP contribution in [0.3, 0.4) is 0 Å². The molecule has 0 saturated carbocycles. The predicted molar refractivity (Wildman–Crippen MR) is 233 cm³/mol. The minimum Gasteiger partial charge on any atom is -0.512 e. The summed E-state index contributed by atoms with van der Waals surface area (Å²) in [5, 5.41) is 19.7. The van der Waals surface area contributed by atoms with Crippen molar-refractivity contribution in [3.05, 3.63) is 100 Å². The Labute approximate surface area is 345 Å². The molecule has 3 nitrogen and oxygen atoms in total. The van der Waals surface area contributed by atoms with E-state index in [4.69, 9.17) is 4.98 Å². The van der Waals surface area contributed by atoms with Crippen LogP contribution in [-0.4, -0.2) is 15.9 Å². The molecular weight excluding hydrogens is 879 g/mol. The van der Waals surface area contributed by atoms with E-state index in [2.05, 4.69) is 112 Å². The number of hydrogen-bond donors (Lipinski definition) is 1. The molecule has 3 aromatic heterocycles. The number of thiophene rings is 2. The monoisotopic (exact) mass is 937 g/mol. The maximum absolute atomic E-state index is 12.2. The molecule has 0 unspecified atom stereocenters. The van der Waals surface area contributed by atoms with Gasteiger partial charge in [0.1, 0.15) is 10.6 Å². The summed E-state index contributed by atoms with van der Waals surface area (Å²) in [6.07, 6.45) is 5.87. The number of carbonyl (C=O) groups is 1. The molecule has 0 aliphatic carbocycles. The Hall–Kier alpha value is -3.15. The van der Waals surface area contributed by atoms with E-state index in [-0.39, 0.29) is 47.9 Å². The third-order valence-electron chi connectivity index (χ3n) is 11.5. The first-order valence-corrected chi connectivity index (χ1v) is 21.1. The molecule has 3 aromatic carbocycles. The van der Waals surface area contributed by atoms with Crippen molar-refractivity contribution in [2.45, 2.75) is 114 Å². The van der Waals surface area contributed by atoms with Crippen LogP contribution in [0.15, 0.2) is 83.3 Å². The van der Waals surface area contributed by atoms with E-state index >= 15 is 0 Å². The number of aliphatic hydroxyl groups excluding tert-OH is 1. The van der Waals surface area contributed by atoms with Crippen LogP contribution in [0.1, 0.15) is 113 Å². The second kappa shape index (κ2) is 17.8. The van der Waals surface area contributed by atoms with Crippen LogP contribution in [0.5, 0.6) is 0 Å². The third kappa shape index (κ3) is 9.27. The van der Waals surface area contributed by atoms with Gasteiger partial charge in [-0.15, -0.1) is 51.8 Å². The molecule has 54 heavy (non-hydrogen) atoms. The van der Waals surface area contributed by atoms with Crippen molar-refractivity contribution in [3.63, 3.8) is 0 Å². The summed E-state index contributed by atoms with van der Waals surface area (Å²) in [5.41, 5.74) is 6.77. The summed E-state index contributed by atoms with van der Waals surface area (Å²) in [4.78, 5) is 18.4. The number of nitrogens with zero attached hydrogens (tertiary/aromatic N) is 1. The van der Waals surface area contributed by atoms with Gasteiger partial charge in [-0.25, -0.2) is 0 Å². The van der Waals surface area contributed by atoms with Crippen molar-refractivity contribution in [1.82, 2.24) is 4.98 Å². The molecule has 6 rings (SSSR count). The third-order valence-corrected chi connectivity index (χ3v) is 13.3. The average Bonchev–Trinajstić information content (AvgIpc) is 3.79. The minimum absolute atomic E-state index is 0.